The summed E-state index contributed by atoms with van der Waals surface area (Å²) in [6, 6.07) is 5.80. The number of aliphatic hydroxyl groups is 1. The lowest BCUT2D eigenvalue weighted by molar-refractivity contribution is -0.140. The molecule has 0 radical (unpaired) electrons. The van der Waals surface area contributed by atoms with Crippen molar-refractivity contribution in [3.8, 4) is 11.1 Å². The summed E-state index contributed by atoms with van der Waals surface area (Å²) in [6.45, 7) is 3.19. The molecule has 0 spiro atoms. The molecule has 2 aromatic rings. The predicted molar refractivity (Wildman–Crippen MR) is 82.4 cm³/mol. The first-order valence-corrected chi connectivity index (χ1v) is 7.28. The Hall–Kier alpha value is -2.35. The lowest BCUT2D eigenvalue weighted by atomic mass is 10.0. The number of halogens is 3. The third kappa shape index (κ3) is 3.76. The van der Waals surface area contributed by atoms with E-state index < -0.39 is 23.9 Å². The van der Waals surface area contributed by atoms with E-state index in [4.69, 9.17) is 5.11 Å². The molecule has 24 heavy (non-hydrogen) atoms. The van der Waals surface area contributed by atoms with E-state index >= 15 is 0 Å². The van der Waals surface area contributed by atoms with Crippen LogP contribution in [0.4, 0.5) is 13.2 Å². The molecular weight excluding hydrogens is 323 g/mol. The van der Waals surface area contributed by atoms with Gasteiger partial charge >= 0.3 is 6.18 Å². The number of nitrogens with one attached hydrogen (secondary N) is 1. The second-order valence-electron chi connectivity index (χ2n) is 5.57. The van der Waals surface area contributed by atoms with Crippen LogP contribution in [-0.2, 0) is 13.2 Å². The molecular formula is C16H18F3N3O2. The molecule has 8 heteroatoms. The maximum atomic E-state index is 13.1. The molecule has 0 saturated carbocycles. The van der Waals surface area contributed by atoms with Crippen LogP contribution in [0.25, 0.3) is 11.1 Å². The molecule has 130 valence electrons. The van der Waals surface area contributed by atoms with Gasteiger partial charge in [0.2, 0.25) is 0 Å². The summed E-state index contributed by atoms with van der Waals surface area (Å²) in [6.07, 6.45) is -5.24. The lowest BCUT2D eigenvalue weighted by Crippen LogP contribution is -2.30. The highest BCUT2D eigenvalue weighted by Gasteiger charge is 2.38. The fourth-order valence-electron chi connectivity index (χ4n) is 2.28. The molecule has 2 N–H and O–H groups in total. The molecule has 0 bridgehead atoms. The highest BCUT2D eigenvalue weighted by atomic mass is 19.4. The maximum Gasteiger partial charge on any atom is 0.435 e. The van der Waals surface area contributed by atoms with E-state index in [0.29, 0.717) is 16.8 Å². The van der Waals surface area contributed by atoms with Gasteiger partial charge in [-0.25, -0.2) is 0 Å². The third-order valence-corrected chi connectivity index (χ3v) is 3.60. The van der Waals surface area contributed by atoms with Crippen LogP contribution in [0.1, 0.15) is 28.7 Å². The molecule has 1 aromatic carbocycles. The molecule has 0 aliphatic rings. The Kier molecular flexibility index (Phi) is 4.98. The minimum Gasteiger partial charge on any atom is -0.392 e. The van der Waals surface area contributed by atoms with Crippen molar-refractivity contribution in [1.82, 2.24) is 15.1 Å². The predicted octanol–water partition coefficient (Wildman–Crippen LogP) is 2.52. The van der Waals surface area contributed by atoms with Gasteiger partial charge < -0.3 is 10.4 Å². The van der Waals surface area contributed by atoms with E-state index in [1.54, 1.807) is 6.92 Å². The van der Waals surface area contributed by atoms with Crippen molar-refractivity contribution in [1.29, 1.82) is 0 Å². The van der Waals surface area contributed by atoms with E-state index in [0.717, 1.165) is 0 Å². The van der Waals surface area contributed by atoms with Crippen molar-refractivity contribution in [2.75, 3.05) is 6.54 Å². The Morgan fingerprint density at radius 3 is 2.42 bits per heavy atom. The molecule has 0 aliphatic carbocycles. The van der Waals surface area contributed by atoms with Crippen LogP contribution in [0.2, 0.25) is 0 Å². The number of carbonyl (C=O) groups excluding carboxylic acids is 1. The van der Waals surface area contributed by atoms with Gasteiger partial charge in [0.25, 0.3) is 5.91 Å². The maximum absolute atomic E-state index is 13.1. The summed E-state index contributed by atoms with van der Waals surface area (Å²) in [4.78, 5) is 11.9. The van der Waals surface area contributed by atoms with Gasteiger partial charge in [0.1, 0.15) is 0 Å². The molecule has 1 aromatic heterocycles. The summed E-state index contributed by atoms with van der Waals surface area (Å²) in [5.74, 6) is -0.401. The van der Waals surface area contributed by atoms with Crippen molar-refractivity contribution >= 4 is 5.91 Å². The first-order chi connectivity index (χ1) is 11.1. The molecule has 1 heterocycles. The fourth-order valence-corrected chi connectivity index (χ4v) is 2.28. The SMILES string of the molecule is Cc1c(-c2ccc(C(=O)NC[C@@H](C)O)cc2)c(C(F)(F)F)nn1C. The van der Waals surface area contributed by atoms with Crippen molar-refractivity contribution in [2.45, 2.75) is 26.1 Å². The fraction of sp³-hybridized carbons (Fsp3) is 0.375. The number of aromatic nitrogens is 2. The molecule has 5 nitrogen and oxygen atoms in total. The van der Waals surface area contributed by atoms with E-state index in [1.807, 2.05) is 0 Å². The van der Waals surface area contributed by atoms with Crippen molar-refractivity contribution in [3.05, 3.63) is 41.2 Å². The standard InChI is InChI=1S/C16H18F3N3O2/c1-9(23)8-20-15(24)12-6-4-11(5-7-12)13-10(2)22(3)21-14(13)16(17,18)19/h4-7,9,23H,8H2,1-3H3,(H,20,24)/t9-/m1/s1. The molecule has 2 rings (SSSR count). The van der Waals surface area contributed by atoms with E-state index in [-0.39, 0.29) is 12.1 Å². The summed E-state index contributed by atoms with van der Waals surface area (Å²) in [5.41, 5.74) is 0.0675. The summed E-state index contributed by atoms with van der Waals surface area (Å²) in [7, 11) is 1.45. The van der Waals surface area contributed by atoms with Crippen LogP contribution in [0.15, 0.2) is 24.3 Å². The molecule has 0 unspecified atom stereocenters. The number of rotatable bonds is 4. The average Bonchev–Trinajstić information content (AvgIpc) is 2.81. The zero-order chi connectivity index (χ0) is 18.1. The number of benzene rings is 1. The Morgan fingerprint density at radius 2 is 1.92 bits per heavy atom. The number of carbonyl (C=O) groups is 1. The number of aryl methyl sites for hydroxylation is 1. The first-order valence-electron chi connectivity index (χ1n) is 7.28. The van der Waals surface area contributed by atoms with Crippen molar-refractivity contribution < 1.29 is 23.1 Å². The van der Waals surface area contributed by atoms with Gasteiger partial charge in [0.15, 0.2) is 5.69 Å². The minimum absolute atomic E-state index is 0.000869. The largest absolute Gasteiger partial charge is 0.435 e. The van der Waals surface area contributed by atoms with E-state index in [1.165, 1.54) is 42.9 Å². The zero-order valence-corrected chi connectivity index (χ0v) is 13.5. The number of hydrogen-bond donors (Lipinski definition) is 2. The number of aliphatic hydroxyl groups excluding tert-OH is 1. The smallest absolute Gasteiger partial charge is 0.392 e. The quantitative estimate of drug-likeness (QED) is 0.898. The molecule has 1 amide bonds. The van der Waals surface area contributed by atoms with Gasteiger partial charge in [-0.05, 0) is 31.5 Å². The van der Waals surface area contributed by atoms with Gasteiger partial charge in [-0.3, -0.25) is 9.48 Å². The molecule has 0 fully saturated rings. The van der Waals surface area contributed by atoms with Gasteiger partial charge in [0, 0.05) is 30.4 Å². The number of hydrogen-bond acceptors (Lipinski definition) is 3. The normalized spacial score (nSPS) is 13.0. The topological polar surface area (TPSA) is 67.2 Å². The third-order valence-electron chi connectivity index (χ3n) is 3.60. The van der Waals surface area contributed by atoms with Crippen LogP contribution in [-0.4, -0.2) is 33.4 Å². The van der Waals surface area contributed by atoms with E-state index in [2.05, 4.69) is 10.4 Å². The molecule has 0 saturated heterocycles. The van der Waals surface area contributed by atoms with Crippen LogP contribution in [0.5, 0.6) is 0 Å². The average molecular weight is 341 g/mol. The van der Waals surface area contributed by atoms with Crippen LogP contribution >= 0.6 is 0 Å². The summed E-state index contributed by atoms with van der Waals surface area (Å²) < 4.78 is 40.6. The Bertz CT molecular complexity index is 734. The highest BCUT2D eigenvalue weighted by Crippen LogP contribution is 2.38. The monoisotopic (exact) mass is 341 g/mol. The van der Waals surface area contributed by atoms with Gasteiger partial charge in [-0.1, -0.05) is 12.1 Å². The minimum atomic E-state index is -4.56. The molecule has 0 aliphatic heterocycles. The highest BCUT2D eigenvalue weighted by molar-refractivity contribution is 5.94. The van der Waals surface area contributed by atoms with Crippen LogP contribution in [0.3, 0.4) is 0 Å². The number of alkyl halides is 3. The number of nitrogens with zero attached hydrogens (tertiary/aromatic N) is 2. The second-order valence-corrected chi connectivity index (χ2v) is 5.57. The molecule has 1 atom stereocenters. The zero-order valence-electron chi connectivity index (χ0n) is 13.5. The van der Waals surface area contributed by atoms with Crippen molar-refractivity contribution in [2.24, 2.45) is 7.05 Å². The van der Waals surface area contributed by atoms with E-state index in [9.17, 15) is 18.0 Å². The Morgan fingerprint density at radius 1 is 1.33 bits per heavy atom. The van der Waals surface area contributed by atoms with Crippen molar-refractivity contribution in [3.63, 3.8) is 0 Å². The van der Waals surface area contributed by atoms with Gasteiger partial charge in [0.05, 0.1) is 6.10 Å². The van der Waals surface area contributed by atoms with Gasteiger partial charge in [-0.15, -0.1) is 0 Å². The lowest BCUT2D eigenvalue weighted by Gasteiger charge is -2.09. The summed E-state index contributed by atoms with van der Waals surface area (Å²) in [5, 5.41) is 15.2. The Balaban J connectivity index is 2.34. The van der Waals surface area contributed by atoms with Gasteiger partial charge in [-0.2, -0.15) is 18.3 Å². The second kappa shape index (κ2) is 6.64. The van der Waals surface area contributed by atoms with Crippen LogP contribution < -0.4 is 5.32 Å². The number of amides is 1. The first kappa shape index (κ1) is 18.0. The Labute approximate surface area is 137 Å². The summed E-state index contributed by atoms with van der Waals surface area (Å²) >= 11 is 0. The van der Waals surface area contributed by atoms with Crippen LogP contribution in [0, 0.1) is 6.92 Å².